The highest BCUT2D eigenvalue weighted by molar-refractivity contribution is 7.89. The number of nitroso groups, excluding NO2 is 1. The topological polar surface area (TPSA) is 154 Å². The Morgan fingerprint density at radius 1 is 0.658 bits per heavy atom. The fourth-order valence-electron chi connectivity index (χ4n) is 5.73. The lowest BCUT2D eigenvalue weighted by molar-refractivity contribution is 0.390. The molecule has 0 unspecified atom stereocenters. The maximum absolute atomic E-state index is 13.2. The number of anilines is 1. The van der Waals surface area contributed by atoms with Gasteiger partial charge in [0.15, 0.2) is 0 Å². The molecule has 3 aromatic rings. The van der Waals surface area contributed by atoms with Crippen LogP contribution in [0.15, 0.2) is 51.4 Å². The SMILES string of the molecule is O=Nc1c2cc(S(=O)(=O)NC3CCCCC3)ccc2c(NO)c2ccc(S(=O)(=O)NC3CCCCC3)cc12. The second-order valence-electron chi connectivity index (χ2n) is 10.3. The number of benzene rings is 3. The number of sulfonamides is 2. The van der Waals surface area contributed by atoms with Gasteiger partial charge in [-0.25, -0.2) is 26.3 Å². The summed E-state index contributed by atoms with van der Waals surface area (Å²) < 4.78 is 58.2. The van der Waals surface area contributed by atoms with Gasteiger partial charge in [0.25, 0.3) is 0 Å². The Balaban J connectivity index is 1.61. The minimum absolute atomic E-state index is 0.0357. The smallest absolute Gasteiger partial charge is 0.240 e. The largest absolute Gasteiger partial charge is 0.291 e. The number of hydrogen-bond donors (Lipinski definition) is 4. The summed E-state index contributed by atoms with van der Waals surface area (Å²) in [6, 6.07) is 8.24. The van der Waals surface area contributed by atoms with Crippen molar-refractivity contribution in [3.05, 3.63) is 41.3 Å². The number of nitrogens with one attached hydrogen (secondary N) is 3. The second kappa shape index (κ2) is 10.9. The standard InChI is InChI=1S/C26H32N4O6S2/c31-27-25-21-13-11-19(37(33,34)29-17-7-3-1-4-8-17)15-23(21)26(28-32)24-16-20(12-14-22(24)25)38(35,36)30-18-9-5-2-6-10-18/h11-18,27,29-31H,1-10H2. The van der Waals surface area contributed by atoms with E-state index >= 15 is 0 Å². The van der Waals surface area contributed by atoms with Crippen LogP contribution >= 0.6 is 0 Å². The molecular formula is C26H32N4O6S2. The summed E-state index contributed by atoms with van der Waals surface area (Å²) >= 11 is 0. The predicted octanol–water partition coefficient (Wildman–Crippen LogP) is 5.41. The summed E-state index contributed by atoms with van der Waals surface area (Å²) in [7, 11) is -7.76. The van der Waals surface area contributed by atoms with Crippen molar-refractivity contribution in [2.75, 3.05) is 5.48 Å². The van der Waals surface area contributed by atoms with Gasteiger partial charge in [-0.1, -0.05) is 50.7 Å². The Morgan fingerprint density at radius 2 is 1.08 bits per heavy atom. The van der Waals surface area contributed by atoms with E-state index in [1.54, 1.807) is 0 Å². The molecule has 4 N–H and O–H groups in total. The van der Waals surface area contributed by atoms with Crippen LogP contribution in [0.3, 0.4) is 0 Å². The van der Waals surface area contributed by atoms with E-state index in [1.807, 2.05) is 0 Å². The van der Waals surface area contributed by atoms with Gasteiger partial charge in [0.2, 0.25) is 20.0 Å². The van der Waals surface area contributed by atoms with Crippen molar-refractivity contribution >= 4 is 53.0 Å². The van der Waals surface area contributed by atoms with Crippen molar-refractivity contribution in [1.29, 1.82) is 0 Å². The number of nitrogens with zero attached hydrogens (tertiary/aromatic N) is 1. The Morgan fingerprint density at radius 3 is 1.45 bits per heavy atom. The molecule has 2 aliphatic carbocycles. The first-order valence-corrected chi connectivity index (χ1v) is 16.0. The molecule has 0 spiro atoms. The van der Waals surface area contributed by atoms with Crippen LogP contribution < -0.4 is 14.9 Å². The van der Waals surface area contributed by atoms with Crippen LogP contribution in [0.2, 0.25) is 0 Å². The Bertz CT molecular complexity index is 1470. The fraction of sp³-hybridized carbons (Fsp3) is 0.462. The van der Waals surface area contributed by atoms with Gasteiger partial charge in [-0.05, 0) is 55.1 Å². The molecule has 0 bridgehead atoms. The number of rotatable bonds is 8. The predicted molar refractivity (Wildman–Crippen MR) is 147 cm³/mol. The molecule has 2 saturated carbocycles. The molecule has 204 valence electrons. The van der Waals surface area contributed by atoms with Crippen molar-refractivity contribution in [2.24, 2.45) is 5.18 Å². The van der Waals surface area contributed by atoms with E-state index in [0.717, 1.165) is 64.2 Å². The van der Waals surface area contributed by atoms with Gasteiger partial charge >= 0.3 is 0 Å². The molecule has 0 radical (unpaired) electrons. The van der Waals surface area contributed by atoms with E-state index in [4.69, 9.17) is 0 Å². The molecule has 0 aliphatic heterocycles. The molecule has 0 atom stereocenters. The third-order valence-electron chi connectivity index (χ3n) is 7.71. The van der Waals surface area contributed by atoms with Gasteiger partial charge in [-0.15, -0.1) is 4.91 Å². The van der Waals surface area contributed by atoms with Crippen LogP contribution in [-0.2, 0) is 20.0 Å². The first-order valence-electron chi connectivity index (χ1n) is 13.0. The maximum Gasteiger partial charge on any atom is 0.240 e. The molecule has 5 rings (SSSR count). The molecule has 0 saturated heterocycles. The van der Waals surface area contributed by atoms with E-state index < -0.39 is 20.0 Å². The number of fused-ring (bicyclic) bond motifs is 2. The van der Waals surface area contributed by atoms with Gasteiger partial charge in [0.1, 0.15) is 5.69 Å². The normalized spacial score (nSPS) is 18.1. The maximum atomic E-state index is 13.2. The van der Waals surface area contributed by atoms with Crippen LogP contribution in [0.25, 0.3) is 21.5 Å². The number of hydrogen-bond acceptors (Lipinski definition) is 8. The molecule has 0 amide bonds. The summed E-state index contributed by atoms with van der Waals surface area (Å²) in [5.74, 6) is 0. The lowest BCUT2D eigenvalue weighted by Crippen LogP contribution is -2.36. The van der Waals surface area contributed by atoms with E-state index in [2.05, 4.69) is 20.1 Å². The zero-order valence-corrected chi connectivity index (χ0v) is 22.6. The van der Waals surface area contributed by atoms with Gasteiger partial charge in [-0.2, -0.15) is 0 Å². The Kier molecular flexibility index (Phi) is 7.70. The second-order valence-corrected chi connectivity index (χ2v) is 13.7. The first kappa shape index (κ1) is 26.9. The van der Waals surface area contributed by atoms with Crippen molar-refractivity contribution in [3.8, 4) is 0 Å². The summed E-state index contributed by atoms with van der Waals surface area (Å²) in [5.41, 5.74) is 2.26. The third kappa shape index (κ3) is 5.28. The highest BCUT2D eigenvalue weighted by Crippen LogP contribution is 2.43. The first-order chi connectivity index (χ1) is 18.2. The Labute approximate surface area is 222 Å². The summed E-state index contributed by atoms with van der Waals surface area (Å²) in [6.45, 7) is 0. The molecule has 38 heavy (non-hydrogen) atoms. The van der Waals surface area contributed by atoms with Gasteiger partial charge in [0.05, 0.1) is 15.5 Å². The zero-order chi connectivity index (χ0) is 26.9. The molecule has 12 heteroatoms. The van der Waals surface area contributed by atoms with Crippen molar-refractivity contribution < 1.29 is 22.0 Å². The van der Waals surface area contributed by atoms with Crippen molar-refractivity contribution in [3.63, 3.8) is 0 Å². The van der Waals surface area contributed by atoms with Gasteiger partial charge in [0, 0.05) is 33.6 Å². The molecular weight excluding hydrogens is 528 g/mol. The summed E-state index contributed by atoms with van der Waals surface area (Å²) in [6.07, 6.45) is 9.08. The quantitative estimate of drug-likeness (QED) is 0.163. The third-order valence-corrected chi connectivity index (χ3v) is 10.7. The molecule has 10 nitrogen and oxygen atoms in total. The molecule has 2 aliphatic rings. The average Bonchev–Trinajstić information content (AvgIpc) is 2.91. The van der Waals surface area contributed by atoms with E-state index in [0.29, 0.717) is 10.8 Å². The van der Waals surface area contributed by atoms with Crippen LogP contribution in [0.5, 0.6) is 0 Å². The molecule has 0 aromatic heterocycles. The van der Waals surface area contributed by atoms with Crippen LogP contribution in [0, 0.1) is 4.91 Å². The lowest BCUT2D eigenvalue weighted by atomic mass is 9.96. The van der Waals surface area contributed by atoms with Crippen molar-refractivity contribution in [1.82, 2.24) is 9.44 Å². The lowest BCUT2D eigenvalue weighted by Gasteiger charge is -2.23. The van der Waals surface area contributed by atoms with E-state index in [9.17, 15) is 26.9 Å². The van der Waals surface area contributed by atoms with Crippen LogP contribution in [0.4, 0.5) is 11.4 Å². The highest BCUT2D eigenvalue weighted by Gasteiger charge is 2.26. The fourth-order valence-corrected chi connectivity index (χ4v) is 8.40. The minimum Gasteiger partial charge on any atom is -0.291 e. The highest BCUT2D eigenvalue weighted by atomic mass is 32.2. The van der Waals surface area contributed by atoms with E-state index in [-0.39, 0.29) is 44.0 Å². The molecule has 3 aromatic carbocycles. The summed E-state index contributed by atoms with van der Waals surface area (Å²) in [5, 5.41) is 14.3. The minimum atomic E-state index is -3.88. The van der Waals surface area contributed by atoms with Gasteiger partial charge < -0.3 is 0 Å². The monoisotopic (exact) mass is 560 g/mol. The molecule has 0 heterocycles. The van der Waals surface area contributed by atoms with Crippen LogP contribution in [-0.4, -0.2) is 34.1 Å². The van der Waals surface area contributed by atoms with E-state index in [1.165, 1.54) is 36.4 Å². The summed E-state index contributed by atoms with van der Waals surface area (Å²) in [4.78, 5) is 12.1. The molecule has 2 fully saturated rings. The Hall–Kier alpha value is -2.64. The van der Waals surface area contributed by atoms with Crippen LogP contribution in [0.1, 0.15) is 64.2 Å². The average molecular weight is 561 g/mol. The van der Waals surface area contributed by atoms with Gasteiger partial charge in [-0.3, -0.25) is 10.7 Å². The zero-order valence-electron chi connectivity index (χ0n) is 20.9. The van der Waals surface area contributed by atoms with Crippen molar-refractivity contribution in [2.45, 2.75) is 86.1 Å².